The van der Waals surface area contributed by atoms with Gasteiger partial charge in [0.25, 0.3) is 0 Å². The third kappa shape index (κ3) is 4.73. The fourth-order valence-electron chi connectivity index (χ4n) is 1.31. The molecule has 0 radical (unpaired) electrons. The van der Waals surface area contributed by atoms with Crippen molar-refractivity contribution in [3.8, 4) is 5.75 Å². The smallest absolute Gasteiger partial charge is 0.320 e. The van der Waals surface area contributed by atoms with Crippen LogP contribution in [0.3, 0.4) is 0 Å². The molecule has 0 heterocycles. The Morgan fingerprint density at radius 1 is 1.50 bits per heavy atom. The van der Waals surface area contributed by atoms with Gasteiger partial charge in [-0.2, -0.15) is 0 Å². The topological polar surface area (TPSA) is 121 Å². The van der Waals surface area contributed by atoms with Crippen LogP contribution in [0.5, 0.6) is 5.75 Å². The Morgan fingerprint density at radius 3 is 2.72 bits per heavy atom. The Kier molecular flexibility index (Phi) is 5.50. The predicted octanol–water partition coefficient (Wildman–Crippen LogP) is 1.33. The number of ether oxygens (including phenoxy) is 1. The maximum atomic E-state index is 10.6. The molecule has 7 nitrogen and oxygen atoms in total. The summed E-state index contributed by atoms with van der Waals surface area (Å²) in [4.78, 5) is 13.2. The minimum absolute atomic E-state index is 0.266. The van der Waals surface area contributed by atoms with E-state index in [-0.39, 0.29) is 13.0 Å². The highest BCUT2D eigenvalue weighted by molar-refractivity contribution is 5.73. The molecule has 18 heavy (non-hydrogen) atoms. The van der Waals surface area contributed by atoms with E-state index >= 15 is 0 Å². The summed E-state index contributed by atoms with van der Waals surface area (Å²) >= 11 is 0. The number of nitrogens with zero attached hydrogens (tertiary/aromatic N) is 3. The minimum Gasteiger partial charge on any atom is -0.493 e. The van der Waals surface area contributed by atoms with Crippen molar-refractivity contribution in [2.75, 3.05) is 13.2 Å². The van der Waals surface area contributed by atoms with Gasteiger partial charge in [-0.3, -0.25) is 4.79 Å². The molecule has 0 spiro atoms. The number of rotatable bonds is 7. The van der Waals surface area contributed by atoms with Gasteiger partial charge in [0.15, 0.2) is 0 Å². The largest absolute Gasteiger partial charge is 0.493 e. The lowest BCUT2D eigenvalue weighted by atomic mass is 10.1. The molecule has 0 aromatic heterocycles. The first-order valence-corrected chi connectivity index (χ1v) is 5.34. The van der Waals surface area contributed by atoms with E-state index in [1.54, 1.807) is 24.3 Å². The summed E-state index contributed by atoms with van der Waals surface area (Å²) in [5.41, 5.74) is 14.3. The molecule has 0 amide bonds. The van der Waals surface area contributed by atoms with Gasteiger partial charge in [0, 0.05) is 4.91 Å². The number of carboxylic acids is 1. The predicted molar refractivity (Wildman–Crippen MR) is 65.3 cm³/mol. The lowest BCUT2D eigenvalue weighted by Gasteiger charge is -2.08. The number of carboxylic acid groups (broad SMARTS) is 1. The molecular weight excluding hydrogens is 236 g/mol. The molecule has 0 saturated heterocycles. The molecule has 0 fully saturated rings. The quantitative estimate of drug-likeness (QED) is 0.328. The van der Waals surface area contributed by atoms with Crippen molar-refractivity contribution in [3.05, 3.63) is 40.3 Å². The summed E-state index contributed by atoms with van der Waals surface area (Å²) in [6.07, 6.45) is 0.272. The number of carbonyl (C=O) groups is 1. The van der Waals surface area contributed by atoms with Crippen LogP contribution in [0.4, 0.5) is 0 Å². The summed E-state index contributed by atoms with van der Waals surface area (Å²) in [6, 6.07) is 6.05. The summed E-state index contributed by atoms with van der Waals surface area (Å²) in [6.45, 7) is 0.570. The molecule has 1 aromatic rings. The third-order valence-corrected chi connectivity index (χ3v) is 2.22. The molecule has 0 aliphatic carbocycles. The second-order valence-corrected chi connectivity index (χ2v) is 3.60. The average molecular weight is 250 g/mol. The first-order valence-electron chi connectivity index (χ1n) is 5.34. The van der Waals surface area contributed by atoms with Gasteiger partial charge >= 0.3 is 5.97 Å². The van der Waals surface area contributed by atoms with Crippen LogP contribution >= 0.6 is 0 Å². The molecule has 0 bridgehead atoms. The highest BCUT2D eigenvalue weighted by atomic mass is 16.5. The van der Waals surface area contributed by atoms with E-state index in [2.05, 4.69) is 10.0 Å². The molecule has 3 N–H and O–H groups in total. The Hall–Kier alpha value is -2.24. The van der Waals surface area contributed by atoms with E-state index in [1.165, 1.54) is 0 Å². The Labute approximate surface area is 104 Å². The number of nitrogens with two attached hydrogens (primary N) is 1. The van der Waals surface area contributed by atoms with Crippen molar-refractivity contribution >= 4 is 5.97 Å². The molecule has 1 atom stereocenters. The molecule has 96 valence electrons. The summed E-state index contributed by atoms with van der Waals surface area (Å²) in [7, 11) is 0. The summed E-state index contributed by atoms with van der Waals surface area (Å²) in [5.74, 6) is -0.388. The van der Waals surface area contributed by atoms with Gasteiger partial charge in [-0.15, -0.1) is 0 Å². The van der Waals surface area contributed by atoms with Gasteiger partial charge in [0.1, 0.15) is 11.8 Å². The lowest BCUT2D eigenvalue weighted by molar-refractivity contribution is -0.138. The van der Waals surface area contributed by atoms with Gasteiger partial charge in [-0.05, 0) is 29.6 Å². The van der Waals surface area contributed by atoms with Crippen LogP contribution in [0.1, 0.15) is 5.56 Å². The molecule has 0 aliphatic rings. The molecule has 0 aliphatic heterocycles. The van der Waals surface area contributed by atoms with Gasteiger partial charge < -0.3 is 15.6 Å². The zero-order chi connectivity index (χ0) is 13.4. The molecule has 0 unspecified atom stereocenters. The van der Waals surface area contributed by atoms with Crippen LogP contribution in [-0.4, -0.2) is 30.3 Å². The number of hydrogen-bond donors (Lipinski definition) is 2. The zero-order valence-electron chi connectivity index (χ0n) is 9.69. The molecular formula is C11H14N4O3. The van der Waals surface area contributed by atoms with Crippen molar-refractivity contribution in [3.63, 3.8) is 0 Å². The third-order valence-electron chi connectivity index (χ3n) is 2.22. The normalized spacial score (nSPS) is 11.4. The van der Waals surface area contributed by atoms with Crippen molar-refractivity contribution in [1.82, 2.24) is 0 Å². The van der Waals surface area contributed by atoms with Crippen LogP contribution < -0.4 is 10.5 Å². The van der Waals surface area contributed by atoms with E-state index in [4.69, 9.17) is 21.1 Å². The maximum absolute atomic E-state index is 10.6. The van der Waals surface area contributed by atoms with Crippen molar-refractivity contribution in [2.24, 2.45) is 10.8 Å². The average Bonchev–Trinajstić information content (AvgIpc) is 2.36. The Bertz CT molecular complexity index is 440. The fourth-order valence-corrected chi connectivity index (χ4v) is 1.31. The minimum atomic E-state index is -1.02. The highest BCUT2D eigenvalue weighted by Gasteiger charge is 2.11. The van der Waals surface area contributed by atoms with Crippen molar-refractivity contribution < 1.29 is 14.6 Å². The molecule has 1 rings (SSSR count). The van der Waals surface area contributed by atoms with E-state index < -0.39 is 12.0 Å². The number of aliphatic carboxylic acids is 1. The van der Waals surface area contributed by atoms with Gasteiger partial charge in [0.2, 0.25) is 0 Å². The summed E-state index contributed by atoms with van der Waals surface area (Å²) in [5, 5.41) is 12.0. The van der Waals surface area contributed by atoms with Crippen LogP contribution in [-0.2, 0) is 11.2 Å². The molecule has 0 saturated carbocycles. The maximum Gasteiger partial charge on any atom is 0.320 e. The van der Waals surface area contributed by atoms with E-state index in [0.29, 0.717) is 12.4 Å². The number of hydrogen-bond acceptors (Lipinski definition) is 4. The SMILES string of the molecule is [N-]=[N+]=NCCOc1ccc(C[C@H](N)C(=O)O)cc1. The van der Waals surface area contributed by atoms with Crippen LogP contribution in [0.15, 0.2) is 29.4 Å². The van der Waals surface area contributed by atoms with Gasteiger partial charge in [-0.1, -0.05) is 17.2 Å². The second-order valence-electron chi connectivity index (χ2n) is 3.60. The Morgan fingerprint density at radius 2 is 2.17 bits per heavy atom. The fraction of sp³-hybridized carbons (Fsp3) is 0.364. The Balaban J connectivity index is 2.47. The lowest BCUT2D eigenvalue weighted by Crippen LogP contribution is -2.32. The van der Waals surface area contributed by atoms with Gasteiger partial charge in [-0.25, -0.2) is 0 Å². The van der Waals surface area contributed by atoms with E-state index in [1.807, 2.05) is 0 Å². The molecule has 7 heteroatoms. The highest BCUT2D eigenvalue weighted by Crippen LogP contribution is 2.13. The first-order chi connectivity index (χ1) is 8.63. The molecule has 1 aromatic carbocycles. The van der Waals surface area contributed by atoms with E-state index in [9.17, 15) is 4.79 Å². The number of benzene rings is 1. The van der Waals surface area contributed by atoms with Crippen molar-refractivity contribution in [1.29, 1.82) is 0 Å². The van der Waals surface area contributed by atoms with Crippen molar-refractivity contribution in [2.45, 2.75) is 12.5 Å². The zero-order valence-corrected chi connectivity index (χ0v) is 9.69. The van der Waals surface area contributed by atoms with Crippen LogP contribution in [0, 0.1) is 0 Å². The number of azide groups is 1. The monoisotopic (exact) mass is 250 g/mol. The summed E-state index contributed by atoms with van der Waals surface area (Å²) < 4.78 is 5.30. The second kappa shape index (κ2) is 7.16. The van der Waals surface area contributed by atoms with Crippen LogP contribution in [0.2, 0.25) is 0 Å². The van der Waals surface area contributed by atoms with Crippen LogP contribution in [0.25, 0.3) is 10.4 Å². The van der Waals surface area contributed by atoms with Gasteiger partial charge in [0.05, 0.1) is 13.2 Å². The standard InChI is InChI=1S/C11H14N4O3/c12-10(11(16)17)7-8-1-3-9(4-2-8)18-6-5-14-15-13/h1-4,10H,5-7,12H2,(H,16,17)/t10-/m0/s1. The van der Waals surface area contributed by atoms with E-state index in [0.717, 1.165) is 5.56 Å². The first kappa shape index (κ1) is 13.8.